The summed E-state index contributed by atoms with van der Waals surface area (Å²) in [5.41, 5.74) is 6.70. The van der Waals surface area contributed by atoms with Crippen molar-refractivity contribution in [1.29, 1.82) is 0 Å². The van der Waals surface area contributed by atoms with E-state index in [1.807, 2.05) is 6.07 Å². The van der Waals surface area contributed by atoms with Crippen molar-refractivity contribution in [2.24, 2.45) is 11.7 Å². The van der Waals surface area contributed by atoms with Gasteiger partial charge in [0.25, 0.3) is 0 Å². The Labute approximate surface area is 149 Å². The Hall–Kier alpha value is -1.15. The number of sulfone groups is 1. The van der Waals surface area contributed by atoms with Gasteiger partial charge in [0, 0.05) is 19.8 Å². The Morgan fingerprint density at radius 3 is 2.50 bits per heavy atom. The van der Waals surface area contributed by atoms with E-state index in [1.165, 1.54) is 0 Å². The molecule has 1 atom stereocenters. The lowest BCUT2D eigenvalue weighted by Crippen LogP contribution is -2.48. The molecule has 1 unspecified atom stereocenters. The third kappa shape index (κ3) is 6.76. The third-order valence-corrected chi connectivity index (χ3v) is 5.62. The Morgan fingerprint density at radius 1 is 1.25 bits per heavy atom. The summed E-state index contributed by atoms with van der Waals surface area (Å²) in [7, 11) is -3.26. The second-order valence-electron chi connectivity index (χ2n) is 5.84. The van der Waals surface area contributed by atoms with Gasteiger partial charge in [-0.3, -0.25) is 4.79 Å². The maximum atomic E-state index is 12.1. The summed E-state index contributed by atoms with van der Waals surface area (Å²) < 4.78 is 29.4. The monoisotopic (exact) mass is 376 g/mol. The van der Waals surface area contributed by atoms with E-state index in [1.54, 1.807) is 24.3 Å². The molecule has 136 valence electrons. The predicted molar refractivity (Wildman–Crippen MR) is 95.7 cm³/mol. The van der Waals surface area contributed by atoms with Gasteiger partial charge in [-0.1, -0.05) is 30.3 Å². The molecule has 0 aliphatic carbocycles. The van der Waals surface area contributed by atoms with Gasteiger partial charge < -0.3 is 15.8 Å². The van der Waals surface area contributed by atoms with Crippen molar-refractivity contribution >= 4 is 28.2 Å². The minimum atomic E-state index is -3.26. The maximum absolute atomic E-state index is 12.1. The molecule has 24 heavy (non-hydrogen) atoms. The van der Waals surface area contributed by atoms with Crippen molar-refractivity contribution in [2.45, 2.75) is 24.6 Å². The first-order valence-corrected chi connectivity index (χ1v) is 9.65. The molecular formula is C16H25ClN2O4S. The highest BCUT2D eigenvalue weighted by Crippen LogP contribution is 2.17. The fraction of sp³-hybridized carbons (Fsp3) is 0.562. The average Bonchev–Trinajstić information content (AvgIpc) is 2.55. The van der Waals surface area contributed by atoms with Crippen LogP contribution < -0.4 is 11.1 Å². The molecule has 0 bridgehead atoms. The quantitative estimate of drug-likeness (QED) is 0.736. The van der Waals surface area contributed by atoms with Crippen LogP contribution in [0.1, 0.15) is 18.4 Å². The molecule has 1 aromatic carbocycles. The van der Waals surface area contributed by atoms with Gasteiger partial charge in [-0.05, 0) is 24.3 Å². The molecule has 1 aromatic rings. The number of halogens is 1. The number of hydrogen-bond acceptors (Lipinski definition) is 5. The largest absolute Gasteiger partial charge is 0.381 e. The van der Waals surface area contributed by atoms with Gasteiger partial charge in [0.2, 0.25) is 5.91 Å². The smallest absolute Gasteiger partial charge is 0.237 e. The van der Waals surface area contributed by atoms with Crippen LogP contribution in [0.3, 0.4) is 0 Å². The van der Waals surface area contributed by atoms with Gasteiger partial charge in [0.1, 0.15) is 0 Å². The summed E-state index contributed by atoms with van der Waals surface area (Å²) in [4.78, 5) is 12.0. The van der Waals surface area contributed by atoms with E-state index < -0.39 is 15.9 Å². The van der Waals surface area contributed by atoms with Gasteiger partial charge in [0.15, 0.2) is 9.84 Å². The van der Waals surface area contributed by atoms with Crippen LogP contribution in [0.4, 0.5) is 0 Å². The molecule has 0 spiro atoms. The fourth-order valence-electron chi connectivity index (χ4n) is 2.64. The second-order valence-corrected chi connectivity index (χ2v) is 8.03. The number of hydrogen-bond donors (Lipinski definition) is 2. The molecule has 2 rings (SSSR count). The molecule has 0 saturated carbocycles. The zero-order valence-electron chi connectivity index (χ0n) is 13.5. The van der Waals surface area contributed by atoms with Gasteiger partial charge in [-0.2, -0.15) is 0 Å². The standard InChI is InChI=1S/C16H24N2O4S.ClH/c17-15(14-6-9-22-10-7-14)16(19)18-8-11-23(20,21)12-13-4-2-1-3-5-13;/h1-5,14-15H,6-12,17H2,(H,18,19);1H. The highest BCUT2D eigenvalue weighted by Gasteiger charge is 2.26. The Morgan fingerprint density at radius 2 is 1.88 bits per heavy atom. The van der Waals surface area contributed by atoms with E-state index in [0.29, 0.717) is 13.2 Å². The summed E-state index contributed by atoms with van der Waals surface area (Å²) >= 11 is 0. The topological polar surface area (TPSA) is 98.5 Å². The number of nitrogens with two attached hydrogens (primary N) is 1. The third-order valence-electron chi connectivity index (χ3n) is 4.02. The molecular weight excluding hydrogens is 352 g/mol. The van der Waals surface area contributed by atoms with Gasteiger partial charge in [-0.15, -0.1) is 12.4 Å². The van der Waals surface area contributed by atoms with Gasteiger partial charge >= 0.3 is 0 Å². The number of ether oxygens (including phenoxy) is 1. The van der Waals surface area contributed by atoms with Crippen molar-refractivity contribution in [2.75, 3.05) is 25.5 Å². The number of benzene rings is 1. The number of rotatable bonds is 7. The molecule has 0 aromatic heterocycles. The van der Waals surface area contributed by atoms with Crippen LogP contribution in [0.15, 0.2) is 30.3 Å². The summed E-state index contributed by atoms with van der Waals surface area (Å²) in [6, 6.07) is 8.40. The van der Waals surface area contributed by atoms with E-state index in [-0.39, 0.29) is 42.3 Å². The van der Waals surface area contributed by atoms with Crippen LogP contribution in [0.25, 0.3) is 0 Å². The lowest BCUT2D eigenvalue weighted by molar-refractivity contribution is -0.124. The molecule has 1 aliphatic heterocycles. The van der Waals surface area contributed by atoms with Gasteiger partial charge in [0.05, 0.1) is 17.5 Å². The second kappa shape index (κ2) is 9.98. The van der Waals surface area contributed by atoms with Crippen molar-refractivity contribution in [3.63, 3.8) is 0 Å². The maximum Gasteiger partial charge on any atom is 0.237 e. The number of carbonyl (C=O) groups is 1. The van der Waals surface area contributed by atoms with Crippen molar-refractivity contribution in [3.8, 4) is 0 Å². The molecule has 1 fully saturated rings. The molecule has 1 amide bonds. The number of amides is 1. The first-order valence-electron chi connectivity index (χ1n) is 7.83. The minimum Gasteiger partial charge on any atom is -0.381 e. The van der Waals surface area contributed by atoms with Crippen LogP contribution >= 0.6 is 12.4 Å². The lowest BCUT2D eigenvalue weighted by Gasteiger charge is -2.26. The Balaban J connectivity index is 0.00000288. The van der Waals surface area contributed by atoms with Crippen molar-refractivity contribution in [3.05, 3.63) is 35.9 Å². The molecule has 1 heterocycles. The van der Waals surface area contributed by atoms with Crippen molar-refractivity contribution < 1.29 is 17.9 Å². The fourth-order valence-corrected chi connectivity index (χ4v) is 3.89. The normalized spacial score (nSPS) is 16.9. The summed E-state index contributed by atoms with van der Waals surface area (Å²) in [5, 5.41) is 2.64. The molecule has 6 nitrogen and oxygen atoms in total. The summed E-state index contributed by atoms with van der Waals surface area (Å²) in [5.74, 6) is -0.291. The molecule has 3 N–H and O–H groups in total. The Kier molecular flexibility index (Phi) is 8.69. The van der Waals surface area contributed by atoms with Gasteiger partial charge in [-0.25, -0.2) is 8.42 Å². The van der Waals surface area contributed by atoms with E-state index in [4.69, 9.17) is 10.5 Å². The first kappa shape index (κ1) is 20.9. The zero-order valence-corrected chi connectivity index (χ0v) is 15.2. The molecule has 1 aliphatic rings. The molecule has 1 saturated heterocycles. The molecule has 8 heteroatoms. The van der Waals surface area contributed by atoms with Crippen LogP contribution in [-0.2, 0) is 25.1 Å². The highest BCUT2D eigenvalue weighted by atomic mass is 35.5. The highest BCUT2D eigenvalue weighted by molar-refractivity contribution is 7.90. The zero-order chi connectivity index (χ0) is 16.7. The SMILES string of the molecule is Cl.NC(C(=O)NCCS(=O)(=O)Cc1ccccc1)C1CCOCC1. The van der Waals surface area contributed by atoms with E-state index in [0.717, 1.165) is 18.4 Å². The number of nitrogens with one attached hydrogen (secondary N) is 1. The van der Waals surface area contributed by atoms with Crippen LogP contribution in [-0.4, -0.2) is 45.9 Å². The molecule has 0 radical (unpaired) electrons. The van der Waals surface area contributed by atoms with Crippen molar-refractivity contribution in [1.82, 2.24) is 5.32 Å². The first-order chi connectivity index (χ1) is 11.0. The summed E-state index contributed by atoms with van der Waals surface area (Å²) in [6.45, 7) is 1.33. The minimum absolute atomic E-state index is 0. The van der Waals surface area contributed by atoms with E-state index >= 15 is 0 Å². The predicted octanol–water partition coefficient (Wildman–Crippen LogP) is 0.893. The van der Waals surface area contributed by atoms with Crippen LogP contribution in [0.2, 0.25) is 0 Å². The van der Waals surface area contributed by atoms with Crippen LogP contribution in [0, 0.1) is 5.92 Å². The average molecular weight is 377 g/mol. The Bertz CT molecular complexity index is 604. The summed E-state index contributed by atoms with van der Waals surface area (Å²) in [6.07, 6.45) is 1.53. The van der Waals surface area contributed by atoms with E-state index in [9.17, 15) is 13.2 Å². The number of carbonyl (C=O) groups excluding carboxylic acids is 1. The van der Waals surface area contributed by atoms with Crippen LogP contribution in [0.5, 0.6) is 0 Å². The van der Waals surface area contributed by atoms with E-state index in [2.05, 4.69) is 5.32 Å². The lowest BCUT2D eigenvalue weighted by atomic mass is 9.92.